The summed E-state index contributed by atoms with van der Waals surface area (Å²) in [5.41, 5.74) is 0.494. The Labute approximate surface area is 160 Å². The Morgan fingerprint density at radius 1 is 1.26 bits per heavy atom. The molecule has 0 spiro atoms. The Kier molecular flexibility index (Phi) is 6.83. The minimum absolute atomic E-state index is 0.204. The van der Waals surface area contributed by atoms with Gasteiger partial charge in [0.2, 0.25) is 11.8 Å². The third-order valence-corrected chi connectivity index (χ3v) is 6.90. The summed E-state index contributed by atoms with van der Waals surface area (Å²) in [7, 11) is -2.13. The zero-order chi connectivity index (χ0) is 20.1. The first-order valence-corrected chi connectivity index (χ1v) is 10.8. The fraction of sp³-hybridized carbons (Fsp3) is 0.556. The van der Waals surface area contributed by atoms with Crippen molar-refractivity contribution in [1.82, 2.24) is 10.2 Å². The van der Waals surface area contributed by atoms with E-state index in [1.165, 1.54) is 12.0 Å². The van der Waals surface area contributed by atoms with E-state index in [4.69, 9.17) is 4.74 Å². The third-order valence-electron chi connectivity index (χ3n) is 4.90. The Morgan fingerprint density at radius 3 is 2.44 bits per heavy atom. The molecule has 1 heterocycles. The summed E-state index contributed by atoms with van der Waals surface area (Å²) < 4.78 is 28.6. The Bertz CT molecular complexity index is 788. The molecule has 1 aliphatic rings. The maximum absolute atomic E-state index is 13.1. The van der Waals surface area contributed by atoms with Crippen molar-refractivity contribution in [2.45, 2.75) is 24.5 Å². The molecule has 0 aromatic heterocycles. The van der Waals surface area contributed by atoms with E-state index < -0.39 is 26.4 Å². The normalized spacial score (nSPS) is 16.4. The molecule has 1 fully saturated rings. The number of sulfone groups is 1. The van der Waals surface area contributed by atoms with Gasteiger partial charge in [0.1, 0.15) is 5.75 Å². The van der Waals surface area contributed by atoms with Crippen molar-refractivity contribution in [3.05, 3.63) is 24.3 Å². The van der Waals surface area contributed by atoms with Crippen molar-refractivity contribution in [1.29, 1.82) is 0 Å². The van der Waals surface area contributed by atoms with E-state index in [2.05, 4.69) is 10.6 Å². The molecule has 0 saturated carbocycles. The molecule has 0 unspecified atom stereocenters. The predicted octanol–water partition coefficient (Wildman–Crippen LogP) is 0.649. The van der Waals surface area contributed by atoms with Gasteiger partial charge in [0.15, 0.2) is 14.6 Å². The van der Waals surface area contributed by atoms with Crippen LogP contribution in [0.15, 0.2) is 24.3 Å². The summed E-state index contributed by atoms with van der Waals surface area (Å²) in [6.07, 6.45) is 1.50. The largest absolute Gasteiger partial charge is 0.495 e. The number of rotatable bonds is 7. The minimum atomic E-state index is -3.63. The number of para-hydroxylation sites is 2. The van der Waals surface area contributed by atoms with Crippen LogP contribution in [0.3, 0.4) is 0 Å². The van der Waals surface area contributed by atoms with Gasteiger partial charge in [0.05, 0.1) is 19.3 Å². The molecule has 0 radical (unpaired) electrons. The summed E-state index contributed by atoms with van der Waals surface area (Å²) in [4.78, 5) is 26.9. The van der Waals surface area contributed by atoms with Gasteiger partial charge in [-0.15, -0.1) is 0 Å². The van der Waals surface area contributed by atoms with E-state index in [1.54, 1.807) is 31.2 Å². The van der Waals surface area contributed by atoms with Gasteiger partial charge in [-0.25, -0.2) is 8.42 Å². The predicted molar refractivity (Wildman–Crippen MR) is 104 cm³/mol. The summed E-state index contributed by atoms with van der Waals surface area (Å²) in [6.45, 7) is 2.64. The molecule has 1 saturated heterocycles. The second-order valence-electron chi connectivity index (χ2n) is 6.58. The van der Waals surface area contributed by atoms with E-state index in [0.717, 1.165) is 6.26 Å². The molecular formula is C18H27N3O5S. The lowest BCUT2D eigenvalue weighted by Gasteiger charge is -2.38. The van der Waals surface area contributed by atoms with Gasteiger partial charge >= 0.3 is 0 Å². The highest BCUT2D eigenvalue weighted by Crippen LogP contribution is 2.30. The summed E-state index contributed by atoms with van der Waals surface area (Å²) in [5.74, 6) is -0.414. The molecule has 1 aromatic rings. The fourth-order valence-electron chi connectivity index (χ4n) is 3.30. The molecule has 8 nitrogen and oxygen atoms in total. The molecule has 2 N–H and O–H groups in total. The Morgan fingerprint density at radius 2 is 1.89 bits per heavy atom. The number of amides is 2. The SMILES string of the molecule is CCN(CC(=O)Nc1ccccc1OC)C(=O)C1(S(C)(=O)=O)CCNCC1. The van der Waals surface area contributed by atoms with Gasteiger partial charge in [0, 0.05) is 12.8 Å². The van der Waals surface area contributed by atoms with Crippen molar-refractivity contribution >= 4 is 27.3 Å². The molecule has 0 aliphatic carbocycles. The minimum Gasteiger partial charge on any atom is -0.495 e. The smallest absolute Gasteiger partial charge is 0.244 e. The van der Waals surface area contributed by atoms with Crippen molar-refractivity contribution in [2.24, 2.45) is 0 Å². The molecule has 0 bridgehead atoms. The van der Waals surface area contributed by atoms with E-state index in [1.807, 2.05) is 0 Å². The van der Waals surface area contributed by atoms with Crippen LogP contribution in [0.5, 0.6) is 5.75 Å². The van der Waals surface area contributed by atoms with Gasteiger partial charge in [-0.05, 0) is 45.0 Å². The van der Waals surface area contributed by atoms with E-state index in [0.29, 0.717) is 24.5 Å². The van der Waals surface area contributed by atoms with Crippen LogP contribution < -0.4 is 15.4 Å². The number of methoxy groups -OCH3 is 1. The second kappa shape index (κ2) is 8.71. The third kappa shape index (κ3) is 4.59. The number of benzene rings is 1. The number of ether oxygens (including phenoxy) is 1. The molecule has 0 atom stereocenters. The Balaban J connectivity index is 2.17. The van der Waals surface area contributed by atoms with Gasteiger partial charge in [-0.3, -0.25) is 9.59 Å². The van der Waals surface area contributed by atoms with Crippen molar-refractivity contribution in [2.75, 3.05) is 44.9 Å². The highest BCUT2D eigenvalue weighted by atomic mass is 32.2. The lowest BCUT2D eigenvalue weighted by molar-refractivity contribution is -0.137. The van der Waals surface area contributed by atoms with Crippen LogP contribution in [0.25, 0.3) is 0 Å². The van der Waals surface area contributed by atoms with Crippen molar-refractivity contribution in [3.63, 3.8) is 0 Å². The number of carbonyl (C=O) groups excluding carboxylic acids is 2. The van der Waals surface area contributed by atoms with Crippen LogP contribution in [-0.2, 0) is 19.4 Å². The maximum Gasteiger partial charge on any atom is 0.244 e. The molecule has 27 heavy (non-hydrogen) atoms. The van der Waals surface area contributed by atoms with E-state index >= 15 is 0 Å². The molecule has 2 rings (SSSR count). The molecule has 1 aromatic carbocycles. The van der Waals surface area contributed by atoms with Gasteiger partial charge in [-0.1, -0.05) is 12.1 Å². The van der Waals surface area contributed by atoms with Crippen LogP contribution in [0.2, 0.25) is 0 Å². The van der Waals surface area contributed by atoms with Crippen LogP contribution >= 0.6 is 0 Å². The number of piperidine rings is 1. The van der Waals surface area contributed by atoms with E-state index in [9.17, 15) is 18.0 Å². The van der Waals surface area contributed by atoms with Crippen LogP contribution in [0.4, 0.5) is 5.69 Å². The molecular weight excluding hydrogens is 370 g/mol. The summed E-state index contributed by atoms with van der Waals surface area (Å²) in [5, 5.41) is 5.80. The highest BCUT2D eigenvalue weighted by molar-refractivity contribution is 7.92. The molecule has 1 aliphatic heterocycles. The van der Waals surface area contributed by atoms with Crippen LogP contribution in [0.1, 0.15) is 19.8 Å². The monoisotopic (exact) mass is 397 g/mol. The molecule has 150 valence electrons. The van der Waals surface area contributed by atoms with Gasteiger partial charge < -0.3 is 20.3 Å². The zero-order valence-corrected chi connectivity index (χ0v) is 16.8. The molecule has 9 heteroatoms. The number of carbonyl (C=O) groups is 2. The summed E-state index contributed by atoms with van der Waals surface area (Å²) >= 11 is 0. The summed E-state index contributed by atoms with van der Waals surface area (Å²) in [6, 6.07) is 6.95. The second-order valence-corrected chi connectivity index (χ2v) is 8.91. The first kappa shape index (κ1) is 21.2. The average Bonchev–Trinajstić information content (AvgIpc) is 2.65. The fourth-order valence-corrected chi connectivity index (χ4v) is 4.69. The number of hydrogen-bond donors (Lipinski definition) is 2. The lowest BCUT2D eigenvalue weighted by Crippen LogP contribution is -2.59. The number of anilines is 1. The molecule has 2 amide bonds. The highest BCUT2D eigenvalue weighted by Gasteiger charge is 2.50. The topological polar surface area (TPSA) is 105 Å². The quantitative estimate of drug-likeness (QED) is 0.700. The number of likely N-dealkylation sites (N-methyl/N-ethyl adjacent to an activating group) is 1. The first-order chi connectivity index (χ1) is 12.7. The number of nitrogens with one attached hydrogen (secondary N) is 2. The number of hydrogen-bond acceptors (Lipinski definition) is 6. The van der Waals surface area contributed by atoms with Crippen molar-refractivity contribution < 1.29 is 22.7 Å². The van der Waals surface area contributed by atoms with E-state index in [-0.39, 0.29) is 25.9 Å². The zero-order valence-electron chi connectivity index (χ0n) is 15.9. The van der Waals surface area contributed by atoms with Gasteiger partial charge in [-0.2, -0.15) is 0 Å². The van der Waals surface area contributed by atoms with Crippen LogP contribution in [-0.4, -0.2) is 69.4 Å². The first-order valence-electron chi connectivity index (χ1n) is 8.87. The standard InChI is InChI=1S/C18H27N3O5S/c1-4-21(13-16(22)20-14-7-5-6-8-15(14)26-2)17(23)18(27(3,24)25)9-11-19-12-10-18/h5-8,19H,4,9-13H2,1-3H3,(H,20,22). The maximum atomic E-state index is 13.1. The number of nitrogens with zero attached hydrogens (tertiary/aromatic N) is 1. The van der Waals surface area contributed by atoms with Crippen LogP contribution in [0, 0.1) is 0 Å². The van der Waals surface area contributed by atoms with Crippen molar-refractivity contribution in [3.8, 4) is 5.75 Å². The lowest BCUT2D eigenvalue weighted by atomic mass is 9.95. The van der Waals surface area contributed by atoms with Gasteiger partial charge in [0.25, 0.3) is 0 Å². The Hall–Kier alpha value is -2.13. The average molecular weight is 397 g/mol.